The van der Waals surface area contributed by atoms with Gasteiger partial charge < -0.3 is 24.8 Å². The summed E-state index contributed by atoms with van der Waals surface area (Å²) in [5, 5.41) is 6.55. The van der Waals surface area contributed by atoms with Crippen LogP contribution in [-0.2, 0) is 6.54 Å². The summed E-state index contributed by atoms with van der Waals surface area (Å²) in [5.74, 6) is 2.67. The maximum atomic E-state index is 5.79. The van der Waals surface area contributed by atoms with Gasteiger partial charge in [-0.3, -0.25) is 4.99 Å². The van der Waals surface area contributed by atoms with E-state index < -0.39 is 0 Å². The van der Waals surface area contributed by atoms with Gasteiger partial charge in [-0.05, 0) is 31.5 Å². The van der Waals surface area contributed by atoms with Crippen molar-refractivity contribution in [3.8, 4) is 17.4 Å². The molecule has 0 saturated heterocycles. The van der Waals surface area contributed by atoms with Crippen LogP contribution in [0.25, 0.3) is 0 Å². The Morgan fingerprint density at radius 2 is 1.97 bits per heavy atom. The number of anilines is 1. The van der Waals surface area contributed by atoms with E-state index in [2.05, 4.69) is 27.5 Å². The van der Waals surface area contributed by atoms with Crippen LogP contribution in [0.1, 0.15) is 32.3 Å². The Hall–Kier alpha value is -2.23. The topological polar surface area (TPSA) is 77.0 Å². The molecule has 1 heterocycles. The number of ether oxygens (including phenoxy) is 3. The lowest BCUT2D eigenvalue weighted by atomic mass is 10.2. The van der Waals surface area contributed by atoms with Gasteiger partial charge in [0.15, 0.2) is 17.5 Å². The van der Waals surface area contributed by atoms with Gasteiger partial charge in [-0.2, -0.15) is 0 Å². The number of unbranched alkanes of at least 4 members (excludes halogenated alkanes) is 1. The summed E-state index contributed by atoms with van der Waals surface area (Å²) >= 11 is 0. The molecule has 0 bridgehead atoms. The molecule has 0 unspecified atom stereocenters. The number of benzene rings is 1. The van der Waals surface area contributed by atoms with E-state index in [0.717, 1.165) is 24.1 Å². The molecule has 1 aromatic heterocycles. The van der Waals surface area contributed by atoms with Gasteiger partial charge in [-0.15, -0.1) is 24.0 Å². The van der Waals surface area contributed by atoms with E-state index in [9.17, 15) is 0 Å². The van der Waals surface area contributed by atoms with E-state index in [1.165, 1.54) is 0 Å². The number of guanidine groups is 1. The minimum absolute atomic E-state index is 0. The zero-order chi connectivity index (χ0) is 20.2. The highest BCUT2D eigenvalue weighted by molar-refractivity contribution is 14.0. The first-order valence-corrected chi connectivity index (χ1v) is 9.57. The summed E-state index contributed by atoms with van der Waals surface area (Å²) in [6, 6.07) is 9.56. The fourth-order valence-corrected chi connectivity index (χ4v) is 2.52. The first-order chi connectivity index (χ1) is 13.7. The van der Waals surface area contributed by atoms with Gasteiger partial charge in [0, 0.05) is 37.1 Å². The Labute approximate surface area is 190 Å². The second-order valence-corrected chi connectivity index (χ2v) is 6.02. The van der Waals surface area contributed by atoms with Gasteiger partial charge in [-0.25, -0.2) is 4.98 Å². The number of methoxy groups -OCH3 is 1. The van der Waals surface area contributed by atoms with Gasteiger partial charge in [0.25, 0.3) is 0 Å². The Bertz CT molecular complexity index is 771. The molecule has 2 rings (SSSR count). The average molecular weight is 514 g/mol. The summed E-state index contributed by atoms with van der Waals surface area (Å²) in [7, 11) is 3.35. The molecule has 0 aliphatic carbocycles. The summed E-state index contributed by atoms with van der Waals surface area (Å²) in [6.45, 7) is 5.85. The van der Waals surface area contributed by atoms with Crippen LogP contribution in [0.2, 0.25) is 0 Å². The molecule has 0 aliphatic heterocycles. The Morgan fingerprint density at radius 3 is 2.66 bits per heavy atom. The Balaban J connectivity index is 0.00000420. The molecule has 8 heteroatoms. The highest BCUT2D eigenvalue weighted by atomic mass is 127. The normalized spacial score (nSPS) is 10.7. The molecule has 29 heavy (non-hydrogen) atoms. The minimum Gasteiger partial charge on any atom is -0.493 e. The third-order valence-corrected chi connectivity index (χ3v) is 3.98. The number of aliphatic imine (C=N–C) groups is 1. The second-order valence-electron chi connectivity index (χ2n) is 6.02. The van der Waals surface area contributed by atoms with Crippen molar-refractivity contribution < 1.29 is 14.2 Å². The molecular weight excluding hydrogens is 483 g/mol. The molecule has 1 aromatic carbocycles. The highest BCUT2D eigenvalue weighted by Gasteiger charge is 2.09. The van der Waals surface area contributed by atoms with Crippen molar-refractivity contribution in [3.05, 3.63) is 42.1 Å². The fraction of sp³-hybridized carbons (Fsp3) is 0.429. The van der Waals surface area contributed by atoms with Crippen LogP contribution in [0.5, 0.6) is 17.4 Å². The maximum Gasteiger partial charge on any atom is 0.218 e. The maximum absolute atomic E-state index is 5.79. The second kappa shape index (κ2) is 13.9. The number of hydrogen-bond acceptors (Lipinski definition) is 5. The molecule has 0 aliphatic rings. The Kier molecular flexibility index (Phi) is 11.9. The third-order valence-electron chi connectivity index (χ3n) is 3.98. The van der Waals surface area contributed by atoms with Crippen LogP contribution in [0.15, 0.2) is 41.5 Å². The molecule has 0 amide bonds. The molecule has 0 fully saturated rings. The number of hydrogen-bond donors (Lipinski definition) is 2. The fourth-order valence-electron chi connectivity index (χ4n) is 2.52. The lowest BCUT2D eigenvalue weighted by molar-refractivity contribution is 0.294. The average Bonchev–Trinajstić information content (AvgIpc) is 2.72. The summed E-state index contributed by atoms with van der Waals surface area (Å²) in [6.07, 6.45) is 3.83. The van der Waals surface area contributed by atoms with Crippen LogP contribution < -0.4 is 24.8 Å². The van der Waals surface area contributed by atoms with Gasteiger partial charge in [0.05, 0.1) is 20.3 Å². The third kappa shape index (κ3) is 7.96. The standard InChI is InChI=1S/C21H30N4O3.HI/c1-5-7-13-28-20-16(9-8-12-23-20)15-24-21(22-3)25-17-10-11-18(26-4)19(14-17)27-6-2;/h8-12,14H,5-7,13,15H2,1-4H3,(H2,22,24,25);1H. The summed E-state index contributed by atoms with van der Waals surface area (Å²) < 4.78 is 16.7. The molecular formula is C21H31IN4O3. The number of rotatable bonds is 10. The van der Waals surface area contributed by atoms with Crippen molar-refractivity contribution in [1.82, 2.24) is 10.3 Å². The van der Waals surface area contributed by atoms with E-state index in [1.807, 2.05) is 37.3 Å². The zero-order valence-electron chi connectivity index (χ0n) is 17.5. The smallest absolute Gasteiger partial charge is 0.218 e. The highest BCUT2D eigenvalue weighted by Crippen LogP contribution is 2.30. The molecule has 0 saturated carbocycles. The number of halogens is 1. The lowest BCUT2D eigenvalue weighted by Gasteiger charge is -2.15. The van der Waals surface area contributed by atoms with Crippen LogP contribution in [0, 0.1) is 0 Å². The van der Waals surface area contributed by atoms with Crippen molar-refractivity contribution in [2.45, 2.75) is 33.2 Å². The zero-order valence-corrected chi connectivity index (χ0v) is 19.9. The SMILES string of the molecule is CCCCOc1ncccc1CNC(=NC)Nc1ccc(OC)c(OCC)c1.I. The van der Waals surface area contributed by atoms with Gasteiger partial charge >= 0.3 is 0 Å². The van der Waals surface area contributed by atoms with E-state index in [1.54, 1.807) is 20.4 Å². The Morgan fingerprint density at radius 1 is 1.14 bits per heavy atom. The largest absolute Gasteiger partial charge is 0.493 e. The van der Waals surface area contributed by atoms with Crippen molar-refractivity contribution in [3.63, 3.8) is 0 Å². The number of pyridine rings is 1. The quantitative estimate of drug-likeness (QED) is 0.211. The molecule has 0 atom stereocenters. The molecule has 160 valence electrons. The van der Waals surface area contributed by atoms with Crippen molar-refractivity contribution >= 4 is 35.6 Å². The van der Waals surface area contributed by atoms with Crippen LogP contribution in [0.3, 0.4) is 0 Å². The first-order valence-electron chi connectivity index (χ1n) is 9.57. The summed E-state index contributed by atoms with van der Waals surface area (Å²) in [4.78, 5) is 8.62. The number of nitrogens with one attached hydrogen (secondary N) is 2. The molecule has 7 nitrogen and oxygen atoms in total. The van der Waals surface area contributed by atoms with E-state index >= 15 is 0 Å². The van der Waals surface area contributed by atoms with Crippen LogP contribution in [-0.4, -0.2) is 38.3 Å². The van der Waals surface area contributed by atoms with E-state index in [0.29, 0.717) is 43.1 Å². The van der Waals surface area contributed by atoms with Gasteiger partial charge in [0.1, 0.15) is 0 Å². The molecule has 2 N–H and O–H groups in total. The van der Waals surface area contributed by atoms with Crippen LogP contribution in [0.4, 0.5) is 5.69 Å². The van der Waals surface area contributed by atoms with Crippen molar-refractivity contribution in [2.24, 2.45) is 4.99 Å². The molecule has 0 spiro atoms. The summed E-state index contributed by atoms with van der Waals surface area (Å²) in [5.41, 5.74) is 1.83. The van der Waals surface area contributed by atoms with Gasteiger partial charge in [-0.1, -0.05) is 19.4 Å². The van der Waals surface area contributed by atoms with Crippen molar-refractivity contribution in [2.75, 3.05) is 32.7 Å². The molecule has 2 aromatic rings. The predicted molar refractivity (Wildman–Crippen MR) is 128 cm³/mol. The van der Waals surface area contributed by atoms with Crippen LogP contribution >= 0.6 is 24.0 Å². The van der Waals surface area contributed by atoms with E-state index in [-0.39, 0.29) is 24.0 Å². The lowest BCUT2D eigenvalue weighted by Crippen LogP contribution is -2.30. The van der Waals surface area contributed by atoms with E-state index in [4.69, 9.17) is 14.2 Å². The number of nitrogens with zero attached hydrogens (tertiary/aromatic N) is 2. The monoisotopic (exact) mass is 514 g/mol. The predicted octanol–water partition coefficient (Wildman–Crippen LogP) is 4.47. The minimum atomic E-state index is 0. The van der Waals surface area contributed by atoms with Gasteiger partial charge in [0.2, 0.25) is 5.88 Å². The number of aromatic nitrogens is 1. The van der Waals surface area contributed by atoms with Crippen molar-refractivity contribution in [1.29, 1.82) is 0 Å². The first kappa shape index (κ1) is 24.8. The molecule has 0 radical (unpaired) electrons.